The molecule has 3 heterocycles. The van der Waals surface area contributed by atoms with E-state index in [1.54, 1.807) is 0 Å². The van der Waals surface area contributed by atoms with Gasteiger partial charge in [-0.15, -0.1) is 0 Å². The fraction of sp³-hybridized carbons (Fsp3) is 0.0227. The van der Waals surface area contributed by atoms with Crippen LogP contribution in [0.1, 0.15) is 17.1 Å². The molecule has 5 nitrogen and oxygen atoms in total. The molecule has 6 aromatic carbocycles. The Morgan fingerprint density at radius 3 is 1.76 bits per heavy atom. The van der Waals surface area contributed by atoms with Crippen LogP contribution in [0, 0.1) is 6.92 Å². The van der Waals surface area contributed by atoms with Crippen molar-refractivity contribution in [2.75, 3.05) is 0 Å². The number of fused-ring (bicyclic) bond motifs is 4. The fourth-order valence-electron chi connectivity index (χ4n) is 6.84. The average Bonchev–Trinajstić information content (AvgIpc) is 3.68. The van der Waals surface area contributed by atoms with Gasteiger partial charge in [-0.3, -0.25) is 0 Å². The van der Waals surface area contributed by atoms with Gasteiger partial charge in [-0.1, -0.05) is 116 Å². The zero-order chi connectivity index (χ0) is 32.9. The zero-order valence-corrected chi connectivity index (χ0v) is 26.8. The summed E-state index contributed by atoms with van der Waals surface area (Å²) in [6.07, 6.45) is 0. The van der Waals surface area contributed by atoms with Crippen LogP contribution in [0.15, 0.2) is 163 Å². The van der Waals surface area contributed by atoms with E-state index in [0.717, 1.165) is 50.2 Å². The first kappa shape index (κ1) is 28.6. The van der Waals surface area contributed by atoms with E-state index < -0.39 is 0 Å². The average molecular weight is 631 g/mol. The zero-order valence-electron chi connectivity index (χ0n) is 26.8. The highest BCUT2D eigenvalue weighted by atomic mass is 16.3. The third-order valence-electron chi connectivity index (χ3n) is 9.16. The highest BCUT2D eigenvalue weighted by Crippen LogP contribution is 2.39. The number of rotatable bonds is 6. The molecule has 0 saturated heterocycles. The Labute approximate surface area is 283 Å². The minimum Gasteiger partial charge on any atom is -0.461 e. The highest BCUT2D eigenvalue weighted by Gasteiger charge is 2.21. The molecule has 0 atom stereocenters. The Morgan fingerprint density at radius 1 is 0.531 bits per heavy atom. The van der Waals surface area contributed by atoms with Gasteiger partial charge >= 0.3 is 0 Å². The van der Waals surface area contributed by atoms with Crippen molar-refractivity contribution in [2.45, 2.75) is 6.92 Å². The summed E-state index contributed by atoms with van der Waals surface area (Å²) in [6, 6.07) is 52.2. The van der Waals surface area contributed by atoms with Gasteiger partial charge in [0, 0.05) is 44.1 Å². The normalized spacial score (nSPS) is 11.4. The Morgan fingerprint density at radius 2 is 1.08 bits per heavy atom. The number of hydrogen-bond acceptors (Lipinski definition) is 4. The molecular weight excluding hydrogens is 601 g/mol. The van der Waals surface area contributed by atoms with Crippen molar-refractivity contribution in [3.63, 3.8) is 0 Å². The second-order valence-electron chi connectivity index (χ2n) is 12.2. The monoisotopic (exact) mass is 630 g/mol. The van der Waals surface area contributed by atoms with E-state index in [0.29, 0.717) is 23.0 Å². The summed E-state index contributed by atoms with van der Waals surface area (Å²) < 4.78 is 8.64. The highest BCUT2D eigenvalue weighted by molar-refractivity contribution is 6.10. The van der Waals surface area contributed by atoms with Crippen LogP contribution in [0.4, 0.5) is 0 Å². The molecule has 0 bridgehead atoms. The second-order valence-corrected chi connectivity index (χ2v) is 12.2. The minimum atomic E-state index is 0.513. The number of aromatic nitrogens is 4. The van der Waals surface area contributed by atoms with E-state index in [1.807, 2.05) is 73.7 Å². The fourth-order valence-corrected chi connectivity index (χ4v) is 6.84. The Bertz CT molecular complexity index is 2610. The maximum absolute atomic E-state index is 6.31. The van der Waals surface area contributed by atoms with Gasteiger partial charge in [0.25, 0.3) is 0 Å². The van der Waals surface area contributed by atoms with Gasteiger partial charge in [0.15, 0.2) is 17.5 Å². The van der Waals surface area contributed by atoms with Crippen molar-refractivity contribution in [2.24, 2.45) is 0 Å². The maximum atomic E-state index is 6.31. The largest absolute Gasteiger partial charge is 0.461 e. The molecule has 5 heteroatoms. The predicted octanol–water partition coefficient (Wildman–Crippen LogP) is 11.1. The molecule has 9 rings (SSSR count). The van der Waals surface area contributed by atoms with Crippen LogP contribution in [0.3, 0.4) is 0 Å². The van der Waals surface area contributed by atoms with E-state index >= 15 is 0 Å². The molecule has 49 heavy (non-hydrogen) atoms. The molecule has 0 aliphatic rings. The number of para-hydroxylation sites is 2. The van der Waals surface area contributed by atoms with Gasteiger partial charge in [-0.05, 0) is 60.5 Å². The van der Waals surface area contributed by atoms with Crippen LogP contribution in [0.5, 0.6) is 0 Å². The van der Waals surface area contributed by atoms with Crippen molar-refractivity contribution < 1.29 is 4.42 Å². The van der Waals surface area contributed by atoms with E-state index in [2.05, 4.69) is 96.1 Å². The number of benzene rings is 6. The summed E-state index contributed by atoms with van der Waals surface area (Å²) in [5, 5.41) is 3.39. The molecule has 0 N–H and O–H groups in total. The summed E-state index contributed by atoms with van der Waals surface area (Å²) in [5.74, 6) is 2.47. The topological polar surface area (TPSA) is 56.7 Å². The van der Waals surface area contributed by atoms with E-state index in [-0.39, 0.29) is 0 Å². The number of aryl methyl sites for hydroxylation is 1. The molecule has 0 fully saturated rings. The third-order valence-corrected chi connectivity index (χ3v) is 9.16. The number of hydrogen-bond donors (Lipinski definition) is 0. The van der Waals surface area contributed by atoms with Gasteiger partial charge in [-0.25, -0.2) is 15.0 Å². The van der Waals surface area contributed by atoms with Crippen molar-refractivity contribution in [3.8, 4) is 39.6 Å². The van der Waals surface area contributed by atoms with Crippen molar-refractivity contribution in [1.29, 1.82) is 0 Å². The third kappa shape index (κ3) is 4.91. The summed E-state index contributed by atoms with van der Waals surface area (Å²) >= 11 is 0. The Balaban J connectivity index is 1.18. The lowest BCUT2D eigenvalue weighted by atomic mass is 9.97. The lowest BCUT2D eigenvalue weighted by Crippen LogP contribution is -2.03. The lowest BCUT2D eigenvalue weighted by Gasteiger charge is -2.10. The molecule has 0 unspecified atom stereocenters. The van der Waals surface area contributed by atoms with Gasteiger partial charge in [-0.2, -0.15) is 0 Å². The maximum Gasteiger partial charge on any atom is 0.164 e. The smallest absolute Gasteiger partial charge is 0.164 e. The Hall–Kier alpha value is -6.59. The van der Waals surface area contributed by atoms with Crippen molar-refractivity contribution in [1.82, 2.24) is 19.5 Å². The first-order valence-electron chi connectivity index (χ1n) is 16.3. The summed E-state index contributed by atoms with van der Waals surface area (Å²) in [6.45, 7) is 6.52. The molecule has 0 aliphatic carbocycles. The molecule has 9 aromatic rings. The van der Waals surface area contributed by atoms with Crippen molar-refractivity contribution >= 4 is 38.3 Å². The molecule has 232 valence electrons. The number of furan rings is 1. The first-order chi connectivity index (χ1) is 24.1. The predicted molar refractivity (Wildman–Crippen MR) is 200 cm³/mol. The molecule has 0 amide bonds. The Kier molecular flexibility index (Phi) is 6.76. The lowest BCUT2D eigenvalue weighted by molar-refractivity contribution is 0.577. The molecule has 3 aromatic heterocycles. The first-order valence-corrected chi connectivity index (χ1v) is 16.3. The van der Waals surface area contributed by atoms with Crippen LogP contribution in [-0.2, 0) is 0 Å². The summed E-state index contributed by atoms with van der Waals surface area (Å²) in [4.78, 5) is 14.7. The van der Waals surface area contributed by atoms with Crippen LogP contribution in [0.2, 0.25) is 0 Å². The van der Waals surface area contributed by atoms with Crippen LogP contribution in [-0.4, -0.2) is 19.5 Å². The minimum absolute atomic E-state index is 0.513. The van der Waals surface area contributed by atoms with Gasteiger partial charge in [0.05, 0.1) is 11.0 Å². The van der Waals surface area contributed by atoms with Gasteiger partial charge < -0.3 is 8.98 Å². The summed E-state index contributed by atoms with van der Waals surface area (Å²) in [5.41, 5.74) is 9.90. The van der Waals surface area contributed by atoms with Crippen LogP contribution >= 0.6 is 0 Å². The molecule has 0 saturated carbocycles. The molecular formula is C44H30N4O. The van der Waals surface area contributed by atoms with E-state index in [4.69, 9.17) is 19.4 Å². The molecule has 0 aliphatic heterocycles. The quantitative estimate of drug-likeness (QED) is 0.183. The molecule has 0 spiro atoms. The number of nitrogens with zero attached hydrogens (tertiary/aromatic N) is 4. The SMILES string of the molecule is C=C(c1nc(-c2ccccc2)nc(-c2ccccc2)n1)c1c(C)oc2ccc(-c3ccc4c(c3)c3ccccc3n4-c3ccccc3)cc12. The van der Waals surface area contributed by atoms with Crippen LogP contribution < -0.4 is 0 Å². The van der Waals surface area contributed by atoms with Gasteiger partial charge in [0.1, 0.15) is 11.3 Å². The van der Waals surface area contributed by atoms with Crippen LogP contribution in [0.25, 0.3) is 77.9 Å². The standard InChI is InChI=1S/C44H30N4O/c1-28(42-45-43(30-14-6-3-7-15-30)47-44(46-42)31-16-8-4-9-17-31)41-29(2)49-40-25-23-33(27-37(40)41)32-22-24-39-36(26-32)35-20-12-13-21-38(35)48(39)34-18-10-5-11-19-34/h3-27H,1H2,2H3. The second kappa shape index (κ2) is 11.6. The van der Waals surface area contributed by atoms with E-state index in [1.165, 1.54) is 21.8 Å². The van der Waals surface area contributed by atoms with Crippen molar-refractivity contribution in [3.05, 3.63) is 175 Å². The van der Waals surface area contributed by atoms with Gasteiger partial charge in [0.2, 0.25) is 0 Å². The molecule has 0 radical (unpaired) electrons. The summed E-state index contributed by atoms with van der Waals surface area (Å²) in [7, 11) is 0. The van der Waals surface area contributed by atoms with E-state index in [9.17, 15) is 0 Å².